The van der Waals surface area contributed by atoms with Gasteiger partial charge in [0.2, 0.25) is 0 Å². The van der Waals surface area contributed by atoms with Gasteiger partial charge in [-0.3, -0.25) is 9.88 Å². The zero-order valence-corrected chi connectivity index (χ0v) is 11.9. The molecule has 1 aliphatic rings. The Balaban J connectivity index is 0.000000180. The van der Waals surface area contributed by atoms with Crippen molar-refractivity contribution < 1.29 is 0 Å². The van der Waals surface area contributed by atoms with Gasteiger partial charge in [0.15, 0.2) is 0 Å². The second kappa shape index (κ2) is 8.87. The predicted octanol–water partition coefficient (Wildman–Crippen LogP) is 3.61. The Morgan fingerprint density at radius 2 is 2.06 bits per heavy atom. The molecule has 0 aromatic carbocycles. The number of nitrogens with zero attached hydrogens (tertiary/aromatic N) is 2. The van der Waals surface area contributed by atoms with Crippen molar-refractivity contribution in [3.63, 3.8) is 0 Å². The molecule has 18 heavy (non-hydrogen) atoms. The fraction of sp³-hybridized carbons (Fsp3) is 0.562. The van der Waals surface area contributed by atoms with E-state index < -0.39 is 0 Å². The summed E-state index contributed by atoms with van der Waals surface area (Å²) in [6.07, 6.45) is 9.05. The van der Waals surface area contributed by atoms with Crippen LogP contribution in [0.15, 0.2) is 31.0 Å². The molecule has 1 aliphatic heterocycles. The van der Waals surface area contributed by atoms with Gasteiger partial charge < -0.3 is 0 Å². The monoisotopic (exact) mass is 246 g/mol. The molecule has 2 heteroatoms. The Bertz CT molecular complexity index is 341. The molecule has 0 unspecified atom stereocenters. The molecule has 0 amide bonds. The van der Waals surface area contributed by atoms with Crippen LogP contribution in [0.3, 0.4) is 0 Å². The zero-order chi connectivity index (χ0) is 13.2. The van der Waals surface area contributed by atoms with Crippen LogP contribution in [0.5, 0.6) is 0 Å². The molecule has 0 aliphatic carbocycles. The summed E-state index contributed by atoms with van der Waals surface area (Å²) in [6, 6.07) is 4.06. The van der Waals surface area contributed by atoms with Crippen LogP contribution in [0.1, 0.15) is 37.4 Å². The Kier molecular flexibility index (Phi) is 7.35. The summed E-state index contributed by atoms with van der Waals surface area (Å²) in [5, 5.41) is 0. The number of hydrogen-bond donors (Lipinski definition) is 0. The number of rotatable bonds is 3. The maximum absolute atomic E-state index is 4.20. The normalized spacial score (nSPS) is 15.7. The second-order valence-electron chi connectivity index (χ2n) is 4.77. The number of likely N-dealkylation sites (tertiary alicyclic amines) is 1. The average Bonchev–Trinajstić information content (AvgIpc) is 2.42. The molecule has 100 valence electrons. The van der Waals surface area contributed by atoms with E-state index in [4.69, 9.17) is 0 Å². The molecule has 0 radical (unpaired) electrons. The highest BCUT2D eigenvalue weighted by Crippen LogP contribution is 2.07. The summed E-state index contributed by atoms with van der Waals surface area (Å²) in [6.45, 7) is 11.6. The third-order valence-electron chi connectivity index (χ3n) is 3.29. The van der Waals surface area contributed by atoms with Crippen LogP contribution in [-0.4, -0.2) is 29.5 Å². The van der Waals surface area contributed by atoms with Gasteiger partial charge in [0, 0.05) is 18.4 Å². The van der Waals surface area contributed by atoms with Crippen LogP contribution < -0.4 is 0 Å². The lowest BCUT2D eigenvalue weighted by Crippen LogP contribution is -2.29. The third-order valence-corrected chi connectivity index (χ3v) is 3.29. The third kappa shape index (κ3) is 5.46. The Morgan fingerprint density at radius 1 is 1.33 bits per heavy atom. The summed E-state index contributed by atoms with van der Waals surface area (Å²) >= 11 is 0. The minimum atomic E-state index is 1.03. The van der Waals surface area contributed by atoms with E-state index in [1.165, 1.54) is 43.6 Å². The highest BCUT2D eigenvalue weighted by atomic mass is 15.1. The van der Waals surface area contributed by atoms with Crippen LogP contribution in [0.4, 0.5) is 0 Å². The van der Waals surface area contributed by atoms with Gasteiger partial charge in [-0.05, 0) is 50.9 Å². The fourth-order valence-electron chi connectivity index (χ4n) is 2.21. The van der Waals surface area contributed by atoms with Crippen molar-refractivity contribution in [3.8, 4) is 0 Å². The summed E-state index contributed by atoms with van der Waals surface area (Å²) in [7, 11) is 0. The first-order valence-electron chi connectivity index (χ1n) is 7.01. The minimum Gasteiger partial charge on any atom is -0.300 e. The van der Waals surface area contributed by atoms with Crippen LogP contribution in [0.2, 0.25) is 0 Å². The van der Waals surface area contributed by atoms with Gasteiger partial charge in [-0.25, -0.2) is 0 Å². The van der Waals surface area contributed by atoms with E-state index in [1.807, 2.05) is 18.3 Å². The largest absolute Gasteiger partial charge is 0.300 e. The minimum absolute atomic E-state index is 1.03. The maximum atomic E-state index is 4.20. The van der Waals surface area contributed by atoms with Gasteiger partial charge in [-0.2, -0.15) is 0 Å². The molecular weight excluding hydrogens is 220 g/mol. The highest BCUT2D eigenvalue weighted by Gasteiger charge is 2.06. The lowest BCUT2D eigenvalue weighted by atomic mass is 10.1. The number of aryl methyl sites for hydroxylation is 2. The van der Waals surface area contributed by atoms with E-state index in [1.54, 1.807) is 0 Å². The molecule has 2 rings (SSSR count). The fourth-order valence-corrected chi connectivity index (χ4v) is 2.21. The zero-order valence-electron chi connectivity index (χ0n) is 11.9. The molecule has 1 aromatic heterocycles. The topological polar surface area (TPSA) is 16.1 Å². The van der Waals surface area contributed by atoms with E-state index in [2.05, 4.69) is 36.4 Å². The van der Waals surface area contributed by atoms with Crippen molar-refractivity contribution in [2.24, 2.45) is 0 Å². The molecule has 1 fully saturated rings. The van der Waals surface area contributed by atoms with Crippen molar-refractivity contribution in [3.05, 3.63) is 42.2 Å². The molecule has 0 atom stereocenters. The van der Waals surface area contributed by atoms with E-state index in [0.717, 1.165) is 13.0 Å². The maximum Gasteiger partial charge on any atom is 0.0429 e. The molecule has 2 heterocycles. The van der Waals surface area contributed by atoms with Gasteiger partial charge in [0.25, 0.3) is 0 Å². The first-order valence-corrected chi connectivity index (χ1v) is 7.01. The quantitative estimate of drug-likeness (QED) is 0.757. The standard InChI is InChI=1S/C8H11N.C8H15N/c1-3-8-7(2)5-4-6-9-8;1-2-6-9-7-4-3-5-8-9/h4-6H,3H2,1-2H3;2H,1,3-8H2. The molecular formula is C16H26N2. The summed E-state index contributed by atoms with van der Waals surface area (Å²) in [4.78, 5) is 6.65. The van der Waals surface area contributed by atoms with E-state index in [9.17, 15) is 0 Å². The average molecular weight is 246 g/mol. The van der Waals surface area contributed by atoms with Crippen molar-refractivity contribution in [2.75, 3.05) is 19.6 Å². The van der Waals surface area contributed by atoms with Gasteiger partial charge in [0.05, 0.1) is 0 Å². The molecule has 0 bridgehead atoms. The van der Waals surface area contributed by atoms with Crippen molar-refractivity contribution in [1.29, 1.82) is 0 Å². The Hall–Kier alpha value is -1.15. The van der Waals surface area contributed by atoms with Gasteiger partial charge >= 0.3 is 0 Å². The Morgan fingerprint density at radius 3 is 2.56 bits per heavy atom. The summed E-state index contributed by atoms with van der Waals surface area (Å²) in [5.41, 5.74) is 2.50. The van der Waals surface area contributed by atoms with E-state index in [0.29, 0.717) is 0 Å². The van der Waals surface area contributed by atoms with Crippen LogP contribution in [-0.2, 0) is 6.42 Å². The van der Waals surface area contributed by atoms with Gasteiger partial charge in [-0.15, -0.1) is 6.58 Å². The smallest absolute Gasteiger partial charge is 0.0429 e. The van der Waals surface area contributed by atoms with Crippen LogP contribution in [0, 0.1) is 6.92 Å². The summed E-state index contributed by atoms with van der Waals surface area (Å²) in [5.74, 6) is 0. The molecule has 1 aromatic rings. The molecule has 1 saturated heterocycles. The molecule has 2 nitrogen and oxygen atoms in total. The van der Waals surface area contributed by atoms with Crippen molar-refractivity contribution in [2.45, 2.75) is 39.5 Å². The lowest BCUT2D eigenvalue weighted by molar-refractivity contribution is 0.251. The van der Waals surface area contributed by atoms with Gasteiger partial charge in [0.1, 0.15) is 0 Å². The molecule has 0 N–H and O–H groups in total. The Labute approximate surface area is 112 Å². The number of aromatic nitrogens is 1. The SMILES string of the molecule is C=CCN1CCCCC1.CCc1ncccc1C. The lowest BCUT2D eigenvalue weighted by Gasteiger charge is -2.24. The first kappa shape index (κ1) is 14.9. The number of piperidine rings is 1. The predicted molar refractivity (Wildman–Crippen MR) is 78.8 cm³/mol. The van der Waals surface area contributed by atoms with E-state index >= 15 is 0 Å². The molecule has 0 spiro atoms. The van der Waals surface area contributed by atoms with Crippen molar-refractivity contribution >= 4 is 0 Å². The first-order chi connectivity index (χ1) is 8.77. The second-order valence-corrected chi connectivity index (χ2v) is 4.77. The summed E-state index contributed by atoms with van der Waals surface area (Å²) < 4.78 is 0. The van der Waals surface area contributed by atoms with Crippen LogP contribution in [0.25, 0.3) is 0 Å². The van der Waals surface area contributed by atoms with Crippen LogP contribution >= 0.6 is 0 Å². The number of pyridine rings is 1. The van der Waals surface area contributed by atoms with E-state index in [-0.39, 0.29) is 0 Å². The highest BCUT2D eigenvalue weighted by molar-refractivity contribution is 5.16. The van der Waals surface area contributed by atoms with Gasteiger partial charge in [-0.1, -0.05) is 25.5 Å². The molecule has 0 saturated carbocycles. The van der Waals surface area contributed by atoms with Crippen molar-refractivity contribution in [1.82, 2.24) is 9.88 Å². The number of hydrogen-bond acceptors (Lipinski definition) is 2.